The molecule has 0 unspecified atom stereocenters. The van der Waals surface area contributed by atoms with Crippen LogP contribution in [0.4, 0.5) is 15.9 Å². The number of carbonyl (C=O) groups excluding carboxylic acids is 1. The highest BCUT2D eigenvalue weighted by molar-refractivity contribution is 7.20. The highest BCUT2D eigenvalue weighted by Gasteiger charge is 2.24. The minimum atomic E-state index is -0.345. The third kappa shape index (κ3) is 3.45. The Balaban J connectivity index is 1.72. The summed E-state index contributed by atoms with van der Waals surface area (Å²) in [7, 11) is 0. The molecule has 0 spiro atoms. The standard InChI is InChI=1S/C20H21FN4O2S/c1-11-4-5-14(10-15(11)21)24-19(26)17-12(2)16-18(25-6-8-27-9-7-25)22-13(3)23-20(16)28-17/h4-5,10H,6-9H2,1-3H3,(H,24,26). The molecule has 1 fully saturated rings. The Kier molecular flexibility index (Phi) is 4.99. The highest BCUT2D eigenvalue weighted by Crippen LogP contribution is 2.36. The zero-order chi connectivity index (χ0) is 19.8. The van der Waals surface area contributed by atoms with Gasteiger partial charge >= 0.3 is 0 Å². The van der Waals surface area contributed by atoms with Gasteiger partial charge in [-0.3, -0.25) is 4.79 Å². The summed E-state index contributed by atoms with van der Waals surface area (Å²) in [6.45, 7) is 8.26. The maximum Gasteiger partial charge on any atom is 0.266 e. The lowest BCUT2D eigenvalue weighted by Gasteiger charge is -2.28. The topological polar surface area (TPSA) is 67.4 Å². The van der Waals surface area contributed by atoms with Crippen molar-refractivity contribution >= 4 is 39.0 Å². The van der Waals surface area contributed by atoms with Crippen LogP contribution >= 0.6 is 11.3 Å². The molecule has 1 aliphatic heterocycles. The smallest absolute Gasteiger partial charge is 0.266 e. The number of rotatable bonds is 3. The fourth-order valence-corrected chi connectivity index (χ4v) is 4.42. The van der Waals surface area contributed by atoms with Crippen LogP contribution in [0.25, 0.3) is 10.2 Å². The van der Waals surface area contributed by atoms with Gasteiger partial charge in [-0.1, -0.05) is 6.07 Å². The number of hydrogen-bond acceptors (Lipinski definition) is 6. The molecule has 1 aliphatic rings. The van der Waals surface area contributed by atoms with Crippen molar-refractivity contribution < 1.29 is 13.9 Å². The number of morpholine rings is 1. The number of thiophene rings is 1. The molecular weight excluding hydrogens is 379 g/mol. The molecule has 1 N–H and O–H groups in total. The second kappa shape index (κ2) is 7.44. The van der Waals surface area contributed by atoms with E-state index in [1.165, 1.54) is 17.4 Å². The summed E-state index contributed by atoms with van der Waals surface area (Å²) < 4.78 is 19.2. The molecule has 0 bridgehead atoms. The Morgan fingerprint density at radius 3 is 2.68 bits per heavy atom. The summed E-state index contributed by atoms with van der Waals surface area (Å²) >= 11 is 1.34. The van der Waals surface area contributed by atoms with Gasteiger partial charge in [0.05, 0.1) is 23.5 Å². The summed E-state index contributed by atoms with van der Waals surface area (Å²) in [5.41, 5.74) is 1.81. The molecule has 3 heterocycles. The van der Waals surface area contributed by atoms with Crippen LogP contribution in [0.3, 0.4) is 0 Å². The Bertz CT molecular complexity index is 1060. The number of carbonyl (C=O) groups is 1. The molecule has 3 aromatic rings. The van der Waals surface area contributed by atoms with E-state index in [4.69, 9.17) is 4.74 Å². The number of halogens is 1. The van der Waals surface area contributed by atoms with Crippen LogP contribution in [0.2, 0.25) is 0 Å². The van der Waals surface area contributed by atoms with Crippen LogP contribution in [0, 0.1) is 26.6 Å². The number of aryl methyl sites for hydroxylation is 3. The van der Waals surface area contributed by atoms with Crippen LogP contribution in [-0.2, 0) is 4.74 Å². The van der Waals surface area contributed by atoms with Gasteiger partial charge in [0, 0.05) is 18.8 Å². The van der Waals surface area contributed by atoms with Crippen molar-refractivity contribution in [2.75, 3.05) is 36.5 Å². The van der Waals surface area contributed by atoms with Gasteiger partial charge in [-0.25, -0.2) is 14.4 Å². The number of fused-ring (bicyclic) bond motifs is 1. The molecule has 6 nitrogen and oxygen atoms in total. The number of hydrogen-bond donors (Lipinski definition) is 1. The number of aromatic nitrogens is 2. The van der Waals surface area contributed by atoms with E-state index in [9.17, 15) is 9.18 Å². The predicted octanol–water partition coefficient (Wildman–Crippen LogP) is 3.84. The van der Waals surface area contributed by atoms with E-state index in [2.05, 4.69) is 20.2 Å². The lowest BCUT2D eigenvalue weighted by atomic mass is 10.1. The zero-order valence-corrected chi connectivity index (χ0v) is 16.8. The van der Waals surface area contributed by atoms with E-state index in [-0.39, 0.29) is 11.7 Å². The molecule has 0 radical (unpaired) electrons. The van der Waals surface area contributed by atoms with Crippen molar-refractivity contribution in [3.8, 4) is 0 Å². The molecule has 0 saturated carbocycles. The molecule has 1 amide bonds. The van der Waals surface area contributed by atoms with Crippen LogP contribution in [0.1, 0.15) is 26.6 Å². The predicted molar refractivity (Wildman–Crippen MR) is 109 cm³/mol. The van der Waals surface area contributed by atoms with Crippen molar-refractivity contribution in [2.24, 2.45) is 0 Å². The average molecular weight is 400 g/mol. The van der Waals surface area contributed by atoms with Gasteiger partial charge in [-0.2, -0.15) is 0 Å². The molecule has 28 heavy (non-hydrogen) atoms. The second-order valence-corrected chi connectivity index (χ2v) is 7.85. The first-order chi connectivity index (χ1) is 13.4. The van der Waals surface area contributed by atoms with Gasteiger partial charge in [-0.05, 0) is 44.0 Å². The Labute approximate surface area is 166 Å². The lowest BCUT2D eigenvalue weighted by molar-refractivity contribution is 0.103. The van der Waals surface area contributed by atoms with Gasteiger partial charge in [0.1, 0.15) is 22.3 Å². The number of anilines is 2. The van der Waals surface area contributed by atoms with Crippen LogP contribution in [0.5, 0.6) is 0 Å². The summed E-state index contributed by atoms with van der Waals surface area (Å²) in [5, 5.41) is 3.69. The van der Waals surface area contributed by atoms with Crippen LogP contribution in [-0.4, -0.2) is 42.2 Å². The van der Waals surface area contributed by atoms with E-state index in [1.807, 2.05) is 13.8 Å². The van der Waals surface area contributed by atoms with Gasteiger partial charge in [0.15, 0.2) is 0 Å². The minimum Gasteiger partial charge on any atom is -0.378 e. The van der Waals surface area contributed by atoms with E-state index in [0.29, 0.717) is 35.2 Å². The van der Waals surface area contributed by atoms with Crippen molar-refractivity contribution in [3.63, 3.8) is 0 Å². The summed E-state index contributed by atoms with van der Waals surface area (Å²) in [5.74, 6) is 0.902. The molecular formula is C20H21FN4O2S. The third-order valence-corrected chi connectivity index (χ3v) is 6.01. The number of ether oxygens (including phenoxy) is 1. The van der Waals surface area contributed by atoms with E-state index < -0.39 is 0 Å². The van der Waals surface area contributed by atoms with Crippen molar-refractivity contribution in [1.29, 1.82) is 0 Å². The highest BCUT2D eigenvalue weighted by atomic mass is 32.1. The molecule has 1 saturated heterocycles. The summed E-state index contributed by atoms with van der Waals surface area (Å²) in [6, 6.07) is 4.68. The fraction of sp³-hybridized carbons (Fsp3) is 0.350. The van der Waals surface area contributed by atoms with Gasteiger partial charge in [0.2, 0.25) is 0 Å². The average Bonchev–Trinajstić information content (AvgIpc) is 3.01. The number of amides is 1. The van der Waals surface area contributed by atoms with Crippen molar-refractivity contribution in [2.45, 2.75) is 20.8 Å². The second-order valence-electron chi connectivity index (χ2n) is 6.85. The van der Waals surface area contributed by atoms with E-state index >= 15 is 0 Å². The quantitative estimate of drug-likeness (QED) is 0.723. The maximum absolute atomic E-state index is 13.8. The number of benzene rings is 1. The molecule has 2 aromatic heterocycles. The normalized spacial score (nSPS) is 14.5. The molecule has 0 aliphatic carbocycles. The molecule has 0 atom stereocenters. The monoisotopic (exact) mass is 400 g/mol. The minimum absolute atomic E-state index is 0.269. The molecule has 146 valence electrons. The lowest BCUT2D eigenvalue weighted by Crippen LogP contribution is -2.37. The van der Waals surface area contributed by atoms with E-state index in [1.54, 1.807) is 19.1 Å². The Morgan fingerprint density at radius 1 is 1.21 bits per heavy atom. The largest absolute Gasteiger partial charge is 0.378 e. The number of nitrogens with zero attached hydrogens (tertiary/aromatic N) is 3. The zero-order valence-electron chi connectivity index (χ0n) is 16.0. The molecule has 4 rings (SSSR count). The van der Waals surface area contributed by atoms with E-state index in [0.717, 1.165) is 34.7 Å². The molecule has 8 heteroatoms. The van der Waals surface area contributed by atoms with Crippen molar-refractivity contribution in [3.05, 3.63) is 45.8 Å². The first kappa shape index (κ1) is 18.8. The Hall–Kier alpha value is -2.58. The first-order valence-corrected chi connectivity index (χ1v) is 9.93. The van der Waals surface area contributed by atoms with Crippen LogP contribution < -0.4 is 10.2 Å². The van der Waals surface area contributed by atoms with Gasteiger partial charge in [-0.15, -0.1) is 11.3 Å². The number of nitrogens with one attached hydrogen (secondary N) is 1. The third-order valence-electron chi connectivity index (χ3n) is 4.83. The first-order valence-electron chi connectivity index (χ1n) is 9.12. The fourth-order valence-electron chi connectivity index (χ4n) is 3.30. The summed E-state index contributed by atoms with van der Waals surface area (Å²) in [6.07, 6.45) is 0. The van der Waals surface area contributed by atoms with Gasteiger partial charge in [0.25, 0.3) is 5.91 Å². The molecule has 1 aromatic carbocycles. The van der Waals surface area contributed by atoms with Gasteiger partial charge < -0.3 is 15.0 Å². The Morgan fingerprint density at radius 2 is 1.96 bits per heavy atom. The SMILES string of the molecule is Cc1nc(N2CCOCC2)c2c(C)c(C(=O)Nc3ccc(C)c(F)c3)sc2n1. The summed E-state index contributed by atoms with van der Waals surface area (Å²) in [4.78, 5) is 25.6. The maximum atomic E-state index is 13.8. The van der Waals surface area contributed by atoms with Crippen LogP contribution in [0.15, 0.2) is 18.2 Å². The van der Waals surface area contributed by atoms with Crippen molar-refractivity contribution in [1.82, 2.24) is 9.97 Å².